The van der Waals surface area contributed by atoms with Crippen molar-refractivity contribution in [3.05, 3.63) is 0 Å². The van der Waals surface area contributed by atoms with Crippen molar-refractivity contribution in [3.63, 3.8) is 0 Å². The lowest BCUT2D eigenvalue weighted by Gasteiger charge is -2.14. The number of nitrogens with one attached hydrogen (secondary N) is 3. The van der Waals surface area contributed by atoms with Crippen molar-refractivity contribution in [2.45, 2.75) is 6.04 Å². The Hall–Kier alpha value is -1.28. The standard InChI is InChI=1S/C8H16N4O3S/c1-10-8(15)5(4-16)12-7(14)3-11-6(13)2-9/h5,16H,2-4,9H2,1H3,(H,10,15)(H,11,13)(H,12,14). The molecule has 3 amide bonds. The molecule has 0 saturated heterocycles. The van der Waals surface area contributed by atoms with Crippen LogP contribution in [0.2, 0.25) is 0 Å². The van der Waals surface area contributed by atoms with Gasteiger partial charge in [-0.1, -0.05) is 0 Å². The first-order chi connectivity index (χ1) is 7.54. The summed E-state index contributed by atoms with van der Waals surface area (Å²) in [6, 6.07) is -0.712. The van der Waals surface area contributed by atoms with E-state index in [1.54, 1.807) is 0 Å². The van der Waals surface area contributed by atoms with Crippen molar-refractivity contribution >= 4 is 30.4 Å². The Morgan fingerprint density at radius 1 is 1.31 bits per heavy atom. The van der Waals surface area contributed by atoms with Crippen LogP contribution in [0.3, 0.4) is 0 Å². The fraction of sp³-hybridized carbons (Fsp3) is 0.625. The molecule has 0 aliphatic carbocycles. The SMILES string of the molecule is CNC(=O)C(CS)NC(=O)CNC(=O)CN. The van der Waals surface area contributed by atoms with Gasteiger partial charge in [-0.2, -0.15) is 12.6 Å². The van der Waals surface area contributed by atoms with Gasteiger partial charge >= 0.3 is 0 Å². The monoisotopic (exact) mass is 248 g/mol. The summed E-state index contributed by atoms with van der Waals surface area (Å²) in [7, 11) is 1.46. The van der Waals surface area contributed by atoms with Crippen molar-refractivity contribution in [2.24, 2.45) is 5.73 Å². The topological polar surface area (TPSA) is 113 Å². The molecular weight excluding hydrogens is 232 g/mol. The predicted molar refractivity (Wildman–Crippen MR) is 61.9 cm³/mol. The van der Waals surface area contributed by atoms with Crippen LogP contribution in [0, 0.1) is 0 Å². The van der Waals surface area contributed by atoms with E-state index in [0.717, 1.165) is 0 Å². The first-order valence-corrected chi connectivity index (χ1v) is 5.27. The molecule has 7 nitrogen and oxygen atoms in total. The van der Waals surface area contributed by atoms with Gasteiger partial charge in [0.25, 0.3) is 0 Å². The van der Waals surface area contributed by atoms with E-state index < -0.39 is 17.9 Å². The minimum atomic E-state index is -0.712. The largest absolute Gasteiger partial charge is 0.357 e. The van der Waals surface area contributed by atoms with E-state index in [-0.39, 0.29) is 24.7 Å². The number of likely N-dealkylation sites (N-methyl/N-ethyl adjacent to an activating group) is 1. The normalized spacial score (nSPS) is 11.4. The number of hydrogen-bond acceptors (Lipinski definition) is 5. The van der Waals surface area contributed by atoms with E-state index in [2.05, 4.69) is 28.6 Å². The van der Waals surface area contributed by atoms with E-state index in [1.165, 1.54) is 7.05 Å². The molecule has 0 aromatic rings. The lowest BCUT2D eigenvalue weighted by atomic mass is 10.3. The molecule has 8 heteroatoms. The van der Waals surface area contributed by atoms with Crippen LogP contribution >= 0.6 is 12.6 Å². The van der Waals surface area contributed by atoms with Gasteiger partial charge in [0.2, 0.25) is 17.7 Å². The Bertz CT molecular complexity index is 272. The molecule has 0 rings (SSSR count). The number of carbonyl (C=O) groups excluding carboxylic acids is 3. The second-order valence-electron chi connectivity index (χ2n) is 2.90. The van der Waals surface area contributed by atoms with Gasteiger partial charge in [0.1, 0.15) is 6.04 Å². The number of amides is 3. The Morgan fingerprint density at radius 2 is 1.94 bits per heavy atom. The lowest BCUT2D eigenvalue weighted by molar-refractivity contribution is -0.128. The van der Waals surface area contributed by atoms with Crippen molar-refractivity contribution in [3.8, 4) is 0 Å². The summed E-state index contributed by atoms with van der Waals surface area (Å²) in [5.41, 5.74) is 5.04. The van der Waals surface area contributed by atoms with E-state index in [4.69, 9.17) is 5.73 Å². The maximum Gasteiger partial charge on any atom is 0.243 e. The molecule has 16 heavy (non-hydrogen) atoms. The van der Waals surface area contributed by atoms with Crippen LogP contribution in [0.4, 0.5) is 0 Å². The molecule has 0 aliphatic rings. The average molecular weight is 248 g/mol. The number of thiol groups is 1. The summed E-state index contributed by atoms with van der Waals surface area (Å²) in [6.07, 6.45) is 0. The van der Waals surface area contributed by atoms with Gasteiger partial charge in [-0.15, -0.1) is 0 Å². The highest BCUT2D eigenvalue weighted by Gasteiger charge is 2.17. The minimum absolute atomic E-state index is 0.177. The molecule has 0 heterocycles. The minimum Gasteiger partial charge on any atom is -0.357 e. The zero-order chi connectivity index (χ0) is 12.6. The smallest absolute Gasteiger partial charge is 0.243 e. The van der Waals surface area contributed by atoms with E-state index in [0.29, 0.717) is 0 Å². The Labute approximate surface area is 98.9 Å². The molecule has 0 aromatic heterocycles. The molecule has 0 radical (unpaired) electrons. The summed E-state index contributed by atoms with van der Waals surface area (Å²) in [5, 5.41) is 7.09. The Kier molecular flexibility index (Phi) is 7.31. The third-order valence-corrected chi connectivity index (χ3v) is 2.08. The van der Waals surface area contributed by atoms with Crippen LogP contribution in [0.1, 0.15) is 0 Å². The second kappa shape index (κ2) is 7.94. The van der Waals surface area contributed by atoms with Crippen LogP contribution < -0.4 is 21.7 Å². The predicted octanol–water partition coefficient (Wildman–Crippen LogP) is -2.78. The molecule has 0 bridgehead atoms. The molecule has 0 saturated carbocycles. The fourth-order valence-electron chi connectivity index (χ4n) is 0.865. The highest BCUT2D eigenvalue weighted by Crippen LogP contribution is 1.87. The van der Waals surface area contributed by atoms with Crippen molar-refractivity contribution in [2.75, 3.05) is 25.9 Å². The molecular formula is C8H16N4O3S. The number of hydrogen-bond donors (Lipinski definition) is 5. The van der Waals surface area contributed by atoms with Crippen LogP contribution in [-0.4, -0.2) is 49.7 Å². The Balaban J connectivity index is 4.01. The molecule has 0 aromatic carbocycles. The first-order valence-electron chi connectivity index (χ1n) is 4.63. The second-order valence-corrected chi connectivity index (χ2v) is 3.26. The molecule has 0 spiro atoms. The molecule has 1 atom stereocenters. The summed E-state index contributed by atoms with van der Waals surface area (Å²) in [5.74, 6) is -1.06. The number of nitrogens with two attached hydrogens (primary N) is 1. The van der Waals surface area contributed by atoms with Gasteiger partial charge in [0.15, 0.2) is 0 Å². The number of carbonyl (C=O) groups is 3. The van der Waals surface area contributed by atoms with Crippen LogP contribution in [0.15, 0.2) is 0 Å². The van der Waals surface area contributed by atoms with E-state index in [1.807, 2.05) is 0 Å². The zero-order valence-electron chi connectivity index (χ0n) is 8.95. The highest BCUT2D eigenvalue weighted by atomic mass is 32.1. The van der Waals surface area contributed by atoms with Crippen LogP contribution in [0.25, 0.3) is 0 Å². The summed E-state index contributed by atoms with van der Waals surface area (Å²) >= 11 is 3.93. The highest BCUT2D eigenvalue weighted by molar-refractivity contribution is 7.80. The van der Waals surface area contributed by atoms with Gasteiger partial charge in [0, 0.05) is 12.8 Å². The van der Waals surface area contributed by atoms with Crippen LogP contribution in [0.5, 0.6) is 0 Å². The zero-order valence-corrected chi connectivity index (χ0v) is 9.84. The molecule has 0 aliphatic heterocycles. The van der Waals surface area contributed by atoms with Crippen molar-refractivity contribution in [1.82, 2.24) is 16.0 Å². The van der Waals surface area contributed by atoms with E-state index >= 15 is 0 Å². The van der Waals surface area contributed by atoms with Gasteiger partial charge in [-0.3, -0.25) is 14.4 Å². The maximum absolute atomic E-state index is 11.3. The van der Waals surface area contributed by atoms with Gasteiger partial charge < -0.3 is 21.7 Å². The van der Waals surface area contributed by atoms with Gasteiger partial charge in [-0.05, 0) is 0 Å². The van der Waals surface area contributed by atoms with E-state index in [9.17, 15) is 14.4 Å². The molecule has 0 fully saturated rings. The molecule has 5 N–H and O–H groups in total. The molecule has 92 valence electrons. The summed E-state index contributed by atoms with van der Waals surface area (Å²) in [6.45, 7) is -0.393. The maximum atomic E-state index is 11.3. The summed E-state index contributed by atoms with van der Waals surface area (Å²) in [4.78, 5) is 33.2. The summed E-state index contributed by atoms with van der Waals surface area (Å²) < 4.78 is 0. The quantitative estimate of drug-likeness (QED) is 0.327. The van der Waals surface area contributed by atoms with Gasteiger partial charge in [-0.25, -0.2) is 0 Å². The van der Waals surface area contributed by atoms with Crippen molar-refractivity contribution < 1.29 is 14.4 Å². The fourth-order valence-corrected chi connectivity index (χ4v) is 1.12. The van der Waals surface area contributed by atoms with Crippen LogP contribution in [-0.2, 0) is 14.4 Å². The average Bonchev–Trinajstić information content (AvgIpc) is 2.31. The third-order valence-electron chi connectivity index (χ3n) is 1.71. The molecule has 1 unspecified atom stereocenters. The lowest BCUT2D eigenvalue weighted by Crippen LogP contribution is -2.50. The van der Waals surface area contributed by atoms with Crippen molar-refractivity contribution in [1.29, 1.82) is 0 Å². The first kappa shape index (κ1) is 14.7. The van der Waals surface area contributed by atoms with Gasteiger partial charge in [0.05, 0.1) is 13.1 Å². The third kappa shape index (κ3) is 5.56. The Morgan fingerprint density at radius 3 is 2.38 bits per heavy atom. The number of rotatable bonds is 6.